The molecule has 0 unspecified atom stereocenters. The van der Waals surface area contributed by atoms with Crippen LogP contribution in [0.15, 0.2) is 78.9 Å². The fourth-order valence-electron chi connectivity index (χ4n) is 4.76. The Morgan fingerprint density at radius 3 is 2.15 bits per heavy atom. The largest absolute Gasteiger partial charge is 0.355 e. The number of rotatable bonds is 14. The van der Waals surface area contributed by atoms with Gasteiger partial charge in [-0.25, -0.2) is 8.42 Å². The number of hydrogen-bond acceptors (Lipinski definition) is 4. The van der Waals surface area contributed by atoms with Gasteiger partial charge >= 0.3 is 0 Å². The minimum Gasteiger partial charge on any atom is -0.355 e. The van der Waals surface area contributed by atoms with Gasteiger partial charge in [-0.05, 0) is 55.5 Å². The molecule has 0 aliphatic heterocycles. The van der Waals surface area contributed by atoms with E-state index in [-0.39, 0.29) is 31.3 Å². The Morgan fingerprint density at radius 1 is 0.875 bits per heavy atom. The van der Waals surface area contributed by atoms with Crippen molar-refractivity contribution in [3.63, 3.8) is 0 Å². The third-order valence-corrected chi connectivity index (χ3v) is 8.04. The van der Waals surface area contributed by atoms with Crippen LogP contribution >= 0.6 is 0 Å². The van der Waals surface area contributed by atoms with E-state index in [9.17, 15) is 18.0 Å². The highest BCUT2D eigenvalue weighted by Gasteiger charge is 2.30. The SMILES string of the molecule is CCNC(=O)[C@@H](Cc1ccccc1)N(Cc1cccc(C)c1)C(=O)CCCN(c1ccc(CC)cc1)S(C)(=O)=O. The van der Waals surface area contributed by atoms with Gasteiger partial charge in [-0.15, -0.1) is 0 Å². The summed E-state index contributed by atoms with van der Waals surface area (Å²) in [4.78, 5) is 28.8. The number of hydrogen-bond donors (Lipinski definition) is 1. The zero-order valence-electron chi connectivity index (χ0n) is 24.0. The highest BCUT2D eigenvalue weighted by atomic mass is 32.2. The monoisotopic (exact) mass is 563 g/mol. The molecule has 2 amide bonds. The lowest BCUT2D eigenvalue weighted by Gasteiger charge is -2.32. The van der Waals surface area contributed by atoms with Gasteiger partial charge in [0.25, 0.3) is 0 Å². The normalized spacial score (nSPS) is 12.0. The van der Waals surface area contributed by atoms with Crippen molar-refractivity contribution < 1.29 is 18.0 Å². The molecule has 3 aromatic rings. The summed E-state index contributed by atoms with van der Waals surface area (Å²) in [6, 6.07) is 24.3. The van der Waals surface area contributed by atoms with Crippen molar-refractivity contribution in [2.24, 2.45) is 0 Å². The first-order valence-corrected chi connectivity index (χ1v) is 15.7. The van der Waals surface area contributed by atoms with Crippen LogP contribution in [0, 0.1) is 6.92 Å². The van der Waals surface area contributed by atoms with Crippen molar-refractivity contribution in [3.05, 3.63) is 101 Å². The Hall–Kier alpha value is -3.65. The lowest BCUT2D eigenvalue weighted by molar-refractivity contribution is -0.141. The van der Waals surface area contributed by atoms with Crippen molar-refractivity contribution >= 4 is 27.5 Å². The van der Waals surface area contributed by atoms with Gasteiger partial charge in [-0.2, -0.15) is 0 Å². The van der Waals surface area contributed by atoms with E-state index < -0.39 is 16.1 Å². The van der Waals surface area contributed by atoms with E-state index >= 15 is 0 Å². The van der Waals surface area contributed by atoms with Crippen molar-refractivity contribution in [1.82, 2.24) is 10.2 Å². The maximum absolute atomic E-state index is 13.8. The van der Waals surface area contributed by atoms with Crippen molar-refractivity contribution in [1.29, 1.82) is 0 Å². The summed E-state index contributed by atoms with van der Waals surface area (Å²) in [5.74, 6) is -0.399. The van der Waals surface area contributed by atoms with E-state index in [1.807, 2.05) is 87.5 Å². The molecule has 3 aromatic carbocycles. The summed E-state index contributed by atoms with van der Waals surface area (Å²) < 4.78 is 26.6. The molecular formula is C32H41N3O4S. The predicted molar refractivity (Wildman–Crippen MR) is 162 cm³/mol. The summed E-state index contributed by atoms with van der Waals surface area (Å²) in [7, 11) is -3.54. The highest BCUT2D eigenvalue weighted by molar-refractivity contribution is 7.92. The minimum absolute atomic E-state index is 0.107. The number of carbonyl (C=O) groups is 2. The lowest BCUT2D eigenvalue weighted by atomic mass is 10.0. The lowest BCUT2D eigenvalue weighted by Crippen LogP contribution is -2.50. The maximum atomic E-state index is 13.8. The number of nitrogens with zero attached hydrogens (tertiary/aromatic N) is 2. The molecule has 0 fully saturated rings. The van der Waals surface area contributed by atoms with Gasteiger partial charge in [0.05, 0.1) is 11.9 Å². The number of sulfonamides is 1. The van der Waals surface area contributed by atoms with Crippen LogP contribution < -0.4 is 9.62 Å². The topological polar surface area (TPSA) is 86.8 Å². The third-order valence-electron chi connectivity index (χ3n) is 6.84. The van der Waals surface area contributed by atoms with Crippen molar-refractivity contribution in [3.8, 4) is 0 Å². The van der Waals surface area contributed by atoms with Crippen LogP contribution in [-0.2, 0) is 39.0 Å². The molecule has 0 aromatic heterocycles. The van der Waals surface area contributed by atoms with E-state index in [0.29, 0.717) is 25.1 Å². The van der Waals surface area contributed by atoms with Crippen LogP contribution in [0.1, 0.15) is 48.9 Å². The van der Waals surface area contributed by atoms with E-state index in [4.69, 9.17) is 0 Å². The van der Waals surface area contributed by atoms with Crippen LogP contribution in [-0.4, -0.2) is 50.5 Å². The third kappa shape index (κ3) is 8.95. The van der Waals surface area contributed by atoms with E-state index in [2.05, 4.69) is 5.32 Å². The average molecular weight is 564 g/mol. The molecule has 3 rings (SSSR count). The summed E-state index contributed by atoms with van der Waals surface area (Å²) >= 11 is 0. The number of amides is 2. The first kappa shape index (κ1) is 30.9. The van der Waals surface area contributed by atoms with Gasteiger partial charge < -0.3 is 10.2 Å². The van der Waals surface area contributed by atoms with E-state index in [1.165, 1.54) is 10.6 Å². The Morgan fingerprint density at radius 2 is 1.55 bits per heavy atom. The second-order valence-corrected chi connectivity index (χ2v) is 12.0. The summed E-state index contributed by atoms with van der Waals surface area (Å²) in [5.41, 5.74) is 4.66. The van der Waals surface area contributed by atoms with Crippen molar-refractivity contribution in [2.45, 2.75) is 59.0 Å². The quantitative estimate of drug-likeness (QED) is 0.303. The minimum atomic E-state index is -3.54. The second kappa shape index (κ2) is 14.7. The van der Waals surface area contributed by atoms with Crippen LogP contribution in [0.3, 0.4) is 0 Å². The Bertz CT molecular complexity index is 1360. The predicted octanol–water partition coefficient (Wildman–Crippen LogP) is 4.88. The number of likely N-dealkylation sites (N-methyl/N-ethyl adjacent to an activating group) is 1. The zero-order chi connectivity index (χ0) is 29.1. The van der Waals surface area contributed by atoms with Crippen LogP contribution in [0.5, 0.6) is 0 Å². The number of carbonyl (C=O) groups excluding carboxylic acids is 2. The Kier molecular flexibility index (Phi) is 11.3. The van der Waals surface area contributed by atoms with Gasteiger partial charge in [-0.1, -0.05) is 79.2 Å². The van der Waals surface area contributed by atoms with Gasteiger partial charge in [0.15, 0.2) is 0 Å². The smallest absolute Gasteiger partial charge is 0.243 e. The zero-order valence-corrected chi connectivity index (χ0v) is 24.8. The molecule has 0 spiro atoms. The molecule has 0 bridgehead atoms. The van der Waals surface area contributed by atoms with Crippen LogP contribution in [0.4, 0.5) is 5.69 Å². The number of nitrogens with one attached hydrogen (secondary N) is 1. The molecule has 1 N–H and O–H groups in total. The molecule has 0 heterocycles. The molecule has 214 valence electrons. The standard InChI is InChI=1S/C32H41N3O4S/c1-5-26-17-19-29(20-18-26)35(40(4,38)39)21-11-16-31(36)34(24-28-15-10-12-25(3)22-28)30(32(37)33-6-2)23-27-13-8-7-9-14-27/h7-10,12-15,17-20,22,30H,5-6,11,16,21,23-24H2,1-4H3,(H,33,37)/t30-/m1/s1. The maximum Gasteiger partial charge on any atom is 0.243 e. The first-order chi connectivity index (χ1) is 19.1. The second-order valence-electron chi connectivity index (χ2n) is 10.1. The molecule has 0 saturated heterocycles. The first-order valence-electron chi connectivity index (χ1n) is 13.9. The fourth-order valence-corrected chi connectivity index (χ4v) is 5.72. The molecule has 0 radical (unpaired) electrons. The number of anilines is 1. The molecule has 7 nitrogen and oxygen atoms in total. The molecule has 0 aliphatic rings. The molecule has 8 heteroatoms. The Labute approximate surface area is 239 Å². The fraction of sp³-hybridized carbons (Fsp3) is 0.375. The summed E-state index contributed by atoms with van der Waals surface area (Å²) in [6.45, 7) is 6.80. The Balaban J connectivity index is 1.85. The van der Waals surface area contributed by atoms with Crippen molar-refractivity contribution in [2.75, 3.05) is 23.7 Å². The van der Waals surface area contributed by atoms with Gasteiger partial charge in [0, 0.05) is 32.5 Å². The molecule has 0 aliphatic carbocycles. The molecular weight excluding hydrogens is 522 g/mol. The van der Waals surface area contributed by atoms with Crippen LogP contribution in [0.25, 0.3) is 0 Å². The molecule has 1 atom stereocenters. The van der Waals surface area contributed by atoms with Gasteiger partial charge in [0.2, 0.25) is 21.8 Å². The number of aryl methyl sites for hydroxylation is 2. The number of benzene rings is 3. The summed E-state index contributed by atoms with van der Waals surface area (Å²) in [5, 5.41) is 2.90. The molecule has 0 saturated carbocycles. The molecule has 40 heavy (non-hydrogen) atoms. The van der Waals surface area contributed by atoms with Crippen LogP contribution in [0.2, 0.25) is 0 Å². The summed E-state index contributed by atoms with van der Waals surface area (Å²) in [6.07, 6.45) is 2.84. The van der Waals surface area contributed by atoms with E-state index in [1.54, 1.807) is 17.0 Å². The van der Waals surface area contributed by atoms with E-state index in [0.717, 1.165) is 28.7 Å². The highest BCUT2D eigenvalue weighted by Crippen LogP contribution is 2.21. The van der Waals surface area contributed by atoms with Gasteiger partial charge in [0.1, 0.15) is 6.04 Å². The average Bonchev–Trinajstić information content (AvgIpc) is 2.93. The van der Waals surface area contributed by atoms with Gasteiger partial charge in [-0.3, -0.25) is 13.9 Å².